The van der Waals surface area contributed by atoms with Gasteiger partial charge in [-0.3, -0.25) is 9.69 Å². The third kappa shape index (κ3) is 2.19. The van der Waals surface area contributed by atoms with E-state index < -0.39 is 17.6 Å². The van der Waals surface area contributed by atoms with E-state index in [0.717, 1.165) is 0 Å². The first kappa shape index (κ1) is 12.4. The summed E-state index contributed by atoms with van der Waals surface area (Å²) in [4.78, 5) is 25.0. The molecule has 1 fully saturated rings. The SMILES string of the molecule is CC(C)(C)OC(=O)C1=CCS[C@H]2C(N)C(=O)N12. The van der Waals surface area contributed by atoms with Crippen molar-refractivity contribution in [3.05, 3.63) is 11.8 Å². The number of carbonyl (C=O) groups is 2. The smallest absolute Gasteiger partial charge is 0.355 e. The molecule has 0 spiro atoms. The van der Waals surface area contributed by atoms with Crippen LogP contribution in [0.25, 0.3) is 0 Å². The number of amides is 1. The van der Waals surface area contributed by atoms with Crippen LogP contribution in [0, 0.1) is 0 Å². The van der Waals surface area contributed by atoms with Gasteiger partial charge in [0.2, 0.25) is 5.91 Å². The minimum atomic E-state index is -0.561. The van der Waals surface area contributed by atoms with Crippen molar-refractivity contribution in [1.29, 1.82) is 0 Å². The predicted molar refractivity (Wildman–Crippen MR) is 65.0 cm³/mol. The van der Waals surface area contributed by atoms with Gasteiger partial charge < -0.3 is 10.5 Å². The van der Waals surface area contributed by atoms with Crippen LogP contribution in [0.5, 0.6) is 0 Å². The Labute approximate surface area is 104 Å². The lowest BCUT2D eigenvalue weighted by molar-refractivity contribution is -0.157. The molecular weight excluding hydrogens is 240 g/mol. The summed E-state index contributed by atoms with van der Waals surface area (Å²) in [6, 6.07) is -0.494. The summed E-state index contributed by atoms with van der Waals surface area (Å²) in [6.07, 6.45) is 1.72. The van der Waals surface area contributed by atoms with Crippen molar-refractivity contribution in [2.45, 2.75) is 37.8 Å². The molecule has 0 aromatic rings. The molecule has 0 aromatic carbocycles. The second kappa shape index (κ2) is 4.03. The molecule has 1 unspecified atom stereocenters. The fraction of sp³-hybridized carbons (Fsp3) is 0.636. The minimum absolute atomic E-state index is 0.116. The van der Waals surface area contributed by atoms with E-state index in [9.17, 15) is 9.59 Å². The molecule has 94 valence electrons. The number of rotatable bonds is 1. The lowest BCUT2D eigenvalue weighted by atomic mass is 10.1. The molecule has 2 aliphatic rings. The molecule has 0 aromatic heterocycles. The van der Waals surface area contributed by atoms with E-state index in [1.807, 2.05) is 0 Å². The fourth-order valence-corrected chi connectivity index (χ4v) is 2.90. The molecule has 1 amide bonds. The van der Waals surface area contributed by atoms with E-state index in [2.05, 4.69) is 0 Å². The molecule has 2 aliphatic heterocycles. The minimum Gasteiger partial charge on any atom is -0.455 e. The van der Waals surface area contributed by atoms with Crippen LogP contribution in [-0.2, 0) is 14.3 Å². The van der Waals surface area contributed by atoms with Crippen LogP contribution in [0.1, 0.15) is 20.8 Å². The Morgan fingerprint density at radius 2 is 2.24 bits per heavy atom. The summed E-state index contributed by atoms with van der Waals surface area (Å²) in [5.74, 6) is 0.0128. The van der Waals surface area contributed by atoms with Crippen molar-refractivity contribution < 1.29 is 14.3 Å². The second-order valence-electron chi connectivity index (χ2n) is 5.05. The van der Waals surface area contributed by atoms with Gasteiger partial charge in [0, 0.05) is 5.75 Å². The zero-order valence-corrected chi connectivity index (χ0v) is 10.9. The van der Waals surface area contributed by atoms with Crippen LogP contribution < -0.4 is 5.73 Å². The van der Waals surface area contributed by atoms with Gasteiger partial charge in [-0.25, -0.2) is 4.79 Å². The lowest BCUT2D eigenvalue weighted by Gasteiger charge is -2.47. The number of hydrogen-bond donors (Lipinski definition) is 1. The zero-order chi connectivity index (χ0) is 12.8. The van der Waals surface area contributed by atoms with Crippen LogP contribution in [0.15, 0.2) is 11.8 Å². The molecule has 0 aliphatic carbocycles. The third-order valence-corrected chi connectivity index (χ3v) is 3.70. The monoisotopic (exact) mass is 256 g/mol. The van der Waals surface area contributed by atoms with Crippen molar-refractivity contribution >= 4 is 23.6 Å². The first-order chi connectivity index (χ1) is 7.81. The van der Waals surface area contributed by atoms with Crippen molar-refractivity contribution in [3.63, 3.8) is 0 Å². The average molecular weight is 256 g/mol. The maximum absolute atomic E-state index is 11.9. The highest BCUT2D eigenvalue weighted by molar-refractivity contribution is 8.00. The van der Waals surface area contributed by atoms with Crippen LogP contribution in [0.4, 0.5) is 0 Å². The number of hydrogen-bond acceptors (Lipinski definition) is 5. The second-order valence-corrected chi connectivity index (χ2v) is 6.20. The van der Waals surface area contributed by atoms with Crippen molar-refractivity contribution in [3.8, 4) is 0 Å². The van der Waals surface area contributed by atoms with Gasteiger partial charge >= 0.3 is 5.97 Å². The van der Waals surface area contributed by atoms with Gasteiger partial charge in [-0.05, 0) is 26.8 Å². The van der Waals surface area contributed by atoms with Gasteiger partial charge in [0.1, 0.15) is 22.7 Å². The van der Waals surface area contributed by atoms with Crippen LogP contribution >= 0.6 is 11.8 Å². The summed E-state index contributed by atoms with van der Waals surface area (Å²) in [6.45, 7) is 5.39. The molecule has 0 radical (unpaired) electrons. The number of nitrogens with zero attached hydrogens (tertiary/aromatic N) is 1. The Morgan fingerprint density at radius 1 is 1.59 bits per heavy atom. The summed E-state index contributed by atoms with van der Waals surface area (Å²) in [7, 11) is 0. The van der Waals surface area contributed by atoms with E-state index in [0.29, 0.717) is 11.4 Å². The summed E-state index contributed by atoms with van der Waals surface area (Å²) < 4.78 is 5.26. The van der Waals surface area contributed by atoms with Crippen molar-refractivity contribution in [2.24, 2.45) is 5.73 Å². The summed E-state index contributed by atoms with van der Waals surface area (Å²) in [5.41, 5.74) is 5.44. The number of esters is 1. The van der Waals surface area contributed by atoms with Gasteiger partial charge in [-0.15, -0.1) is 11.8 Å². The Morgan fingerprint density at radius 3 is 2.82 bits per heavy atom. The van der Waals surface area contributed by atoms with Crippen molar-refractivity contribution in [1.82, 2.24) is 4.90 Å². The molecule has 2 heterocycles. The molecule has 2 rings (SSSR count). The van der Waals surface area contributed by atoms with Gasteiger partial charge in [0.05, 0.1) is 0 Å². The first-order valence-corrected chi connectivity index (χ1v) is 6.50. The zero-order valence-electron chi connectivity index (χ0n) is 10.1. The quantitative estimate of drug-likeness (QED) is 0.545. The number of thioether (sulfide) groups is 1. The van der Waals surface area contributed by atoms with Gasteiger partial charge in [-0.1, -0.05) is 0 Å². The first-order valence-electron chi connectivity index (χ1n) is 5.45. The maximum atomic E-state index is 11.9. The van der Waals surface area contributed by atoms with E-state index in [-0.39, 0.29) is 11.3 Å². The predicted octanol–water partition coefficient (Wildman–Crippen LogP) is 0.454. The van der Waals surface area contributed by atoms with Crippen LogP contribution in [0.3, 0.4) is 0 Å². The van der Waals surface area contributed by atoms with E-state index >= 15 is 0 Å². The number of β-lactam (4-membered cyclic amide) rings is 1. The molecule has 0 bridgehead atoms. The lowest BCUT2D eigenvalue weighted by Crippen LogP contribution is -2.68. The van der Waals surface area contributed by atoms with Gasteiger partial charge in [0.25, 0.3) is 0 Å². The molecule has 1 saturated heterocycles. The number of fused-ring (bicyclic) bond motifs is 1. The maximum Gasteiger partial charge on any atom is 0.355 e. The van der Waals surface area contributed by atoms with Gasteiger partial charge in [-0.2, -0.15) is 0 Å². The molecule has 0 saturated carbocycles. The average Bonchev–Trinajstić information content (AvgIpc) is 2.24. The molecule has 6 heteroatoms. The Bertz CT molecular complexity index is 400. The number of ether oxygens (including phenoxy) is 1. The van der Waals surface area contributed by atoms with Crippen molar-refractivity contribution in [2.75, 3.05) is 5.75 Å². The van der Waals surface area contributed by atoms with Crippen LogP contribution in [0.2, 0.25) is 0 Å². The van der Waals surface area contributed by atoms with Crippen LogP contribution in [-0.4, -0.2) is 39.5 Å². The molecule has 2 atom stereocenters. The summed E-state index contributed by atoms with van der Waals surface area (Å²) >= 11 is 1.56. The summed E-state index contributed by atoms with van der Waals surface area (Å²) in [5, 5.41) is -0.116. The number of carbonyl (C=O) groups excluding carboxylic acids is 2. The standard InChI is InChI=1S/C11H16N2O3S/c1-11(2,3)16-10(15)6-4-5-17-9-7(12)8(14)13(6)9/h4,7,9H,5,12H2,1-3H3/t7?,9-/m0/s1. The highest BCUT2D eigenvalue weighted by atomic mass is 32.2. The third-order valence-electron chi connectivity index (χ3n) is 2.50. The largest absolute Gasteiger partial charge is 0.455 e. The van der Waals surface area contributed by atoms with Gasteiger partial charge in [0.15, 0.2) is 0 Å². The van der Waals surface area contributed by atoms with E-state index in [1.165, 1.54) is 4.90 Å². The number of nitrogens with two attached hydrogens (primary N) is 1. The van der Waals surface area contributed by atoms with E-state index in [4.69, 9.17) is 10.5 Å². The Balaban J connectivity index is 2.14. The fourth-order valence-electron chi connectivity index (χ4n) is 1.76. The molecule has 17 heavy (non-hydrogen) atoms. The normalized spacial score (nSPS) is 28.1. The Kier molecular flexibility index (Phi) is 2.95. The molecule has 2 N–H and O–H groups in total. The highest BCUT2D eigenvalue weighted by Crippen LogP contribution is 2.36. The Hall–Kier alpha value is -1.01. The molecular formula is C11H16N2O3S. The van der Waals surface area contributed by atoms with E-state index in [1.54, 1.807) is 38.6 Å². The topological polar surface area (TPSA) is 72.6 Å². The highest BCUT2D eigenvalue weighted by Gasteiger charge is 2.50. The molecule has 5 nitrogen and oxygen atoms in total.